The van der Waals surface area contributed by atoms with Crippen LogP contribution in [0.3, 0.4) is 0 Å². The average molecular weight is 563 g/mol. The van der Waals surface area contributed by atoms with Crippen LogP contribution in [0.25, 0.3) is 0 Å². The molecule has 0 saturated heterocycles. The van der Waals surface area contributed by atoms with Crippen molar-refractivity contribution in [2.45, 2.75) is 24.5 Å². The van der Waals surface area contributed by atoms with E-state index in [9.17, 15) is 18.0 Å². The number of rotatable bonds is 7. The van der Waals surface area contributed by atoms with Crippen molar-refractivity contribution in [3.8, 4) is 5.75 Å². The lowest BCUT2D eigenvalue weighted by molar-refractivity contribution is -0.148. The van der Waals surface area contributed by atoms with Crippen molar-refractivity contribution in [1.29, 1.82) is 0 Å². The maximum atomic E-state index is 13.7. The van der Waals surface area contributed by atoms with E-state index in [2.05, 4.69) is 0 Å². The number of hydrogen-bond acceptors (Lipinski definition) is 6. The van der Waals surface area contributed by atoms with Gasteiger partial charge in [0.15, 0.2) is 0 Å². The van der Waals surface area contributed by atoms with Crippen molar-refractivity contribution in [2.75, 3.05) is 25.1 Å². The molecule has 0 N–H and O–H groups in total. The van der Waals surface area contributed by atoms with Gasteiger partial charge < -0.3 is 14.4 Å². The zero-order chi connectivity index (χ0) is 26.7. The molecule has 8 nitrogen and oxygen atoms in total. The summed E-state index contributed by atoms with van der Waals surface area (Å²) in [6, 6.07) is 17.8. The molecule has 4 rings (SSSR count). The molecule has 11 heteroatoms. The Hall–Kier alpha value is -3.11. The highest BCUT2D eigenvalue weighted by Crippen LogP contribution is 2.34. The fraction of sp³-hybridized carbons (Fsp3) is 0.231. The van der Waals surface area contributed by atoms with Crippen LogP contribution in [0.1, 0.15) is 11.1 Å². The summed E-state index contributed by atoms with van der Waals surface area (Å²) >= 11 is 12.4. The second-order valence-electron chi connectivity index (χ2n) is 8.42. The van der Waals surface area contributed by atoms with Crippen molar-refractivity contribution in [2.24, 2.45) is 0 Å². The van der Waals surface area contributed by atoms with Crippen molar-refractivity contribution >= 4 is 50.8 Å². The number of para-hydroxylation sites is 2. The highest BCUT2D eigenvalue weighted by Gasteiger charge is 2.36. The topological polar surface area (TPSA) is 93.2 Å². The van der Waals surface area contributed by atoms with Crippen molar-refractivity contribution in [1.82, 2.24) is 4.31 Å². The van der Waals surface area contributed by atoms with Crippen LogP contribution in [0.5, 0.6) is 5.75 Å². The Balaban J connectivity index is 1.70. The molecule has 1 atom stereocenters. The number of fused-ring (bicyclic) bond motifs is 1. The van der Waals surface area contributed by atoms with Gasteiger partial charge in [0.2, 0.25) is 22.0 Å². The lowest BCUT2D eigenvalue weighted by Crippen LogP contribution is -2.50. The van der Waals surface area contributed by atoms with E-state index in [1.807, 2.05) is 6.92 Å². The second-order valence-corrected chi connectivity index (χ2v) is 11.2. The molecule has 0 spiro atoms. The Morgan fingerprint density at radius 3 is 2.46 bits per heavy atom. The largest absolute Gasteiger partial charge is 0.475 e. The van der Waals surface area contributed by atoms with Gasteiger partial charge in [0.05, 0.1) is 30.8 Å². The number of sulfonamides is 1. The number of anilines is 1. The summed E-state index contributed by atoms with van der Waals surface area (Å²) in [6.45, 7) is 1.02. The SMILES string of the molecule is COC(=O)[C@@H]1CN(C(=O)CN(Cc2ccc(Cl)cc2Cl)S(=O)(=O)c2ccc(C)cc2)c2ccccc2O1. The van der Waals surface area contributed by atoms with Gasteiger partial charge in [-0.1, -0.05) is 59.1 Å². The number of aryl methyl sites for hydroxylation is 1. The number of esters is 1. The first kappa shape index (κ1) is 26.9. The lowest BCUT2D eigenvalue weighted by Gasteiger charge is -2.34. The van der Waals surface area contributed by atoms with Crippen molar-refractivity contribution in [3.05, 3.63) is 87.9 Å². The number of benzene rings is 3. The van der Waals surface area contributed by atoms with E-state index in [1.54, 1.807) is 48.5 Å². The van der Waals surface area contributed by atoms with E-state index in [0.717, 1.165) is 9.87 Å². The van der Waals surface area contributed by atoms with Gasteiger partial charge in [-0.15, -0.1) is 0 Å². The van der Waals surface area contributed by atoms with Crippen LogP contribution >= 0.6 is 23.2 Å². The maximum Gasteiger partial charge on any atom is 0.348 e. The lowest BCUT2D eigenvalue weighted by atomic mass is 10.1. The number of carbonyl (C=O) groups is 2. The summed E-state index contributed by atoms with van der Waals surface area (Å²) in [5.41, 5.74) is 1.79. The molecule has 0 aliphatic carbocycles. The minimum Gasteiger partial charge on any atom is -0.475 e. The molecule has 1 amide bonds. The van der Waals surface area contributed by atoms with Crippen LogP contribution in [0, 0.1) is 6.92 Å². The third-order valence-electron chi connectivity index (χ3n) is 5.87. The fourth-order valence-electron chi connectivity index (χ4n) is 3.89. The molecule has 0 bridgehead atoms. The predicted molar refractivity (Wildman–Crippen MR) is 140 cm³/mol. The number of ether oxygens (including phenoxy) is 2. The molecule has 1 aliphatic rings. The fourth-order valence-corrected chi connectivity index (χ4v) is 5.72. The quantitative estimate of drug-likeness (QED) is 0.395. The van der Waals surface area contributed by atoms with Crippen LogP contribution in [-0.2, 0) is 30.9 Å². The average Bonchev–Trinajstić information content (AvgIpc) is 2.88. The van der Waals surface area contributed by atoms with Crippen LogP contribution in [0.15, 0.2) is 71.6 Å². The Bertz CT molecular complexity index is 1430. The Morgan fingerprint density at radius 1 is 1.08 bits per heavy atom. The summed E-state index contributed by atoms with van der Waals surface area (Å²) in [5.74, 6) is -0.888. The van der Waals surface area contributed by atoms with Crippen molar-refractivity contribution < 1.29 is 27.5 Å². The van der Waals surface area contributed by atoms with E-state index >= 15 is 0 Å². The normalized spacial score (nSPS) is 15.2. The molecule has 1 aliphatic heterocycles. The molecular weight excluding hydrogens is 539 g/mol. The number of methoxy groups -OCH3 is 1. The minimum atomic E-state index is -4.12. The van der Waals surface area contributed by atoms with Gasteiger partial charge >= 0.3 is 5.97 Å². The Kier molecular flexibility index (Phi) is 8.08. The molecule has 0 saturated carbocycles. The standard InChI is InChI=1S/C26H24Cl2N2O6S/c1-17-7-11-20(12-8-17)37(33,34)29(14-18-9-10-19(27)13-21(18)28)16-25(31)30-15-24(26(32)35-2)36-23-6-4-3-5-22(23)30/h3-13,24H,14-16H2,1-2H3/t24-/m0/s1. The molecule has 3 aromatic rings. The van der Waals surface area contributed by atoms with Gasteiger partial charge in [0, 0.05) is 16.6 Å². The summed E-state index contributed by atoms with van der Waals surface area (Å²) < 4.78 is 39.0. The molecule has 1 heterocycles. The summed E-state index contributed by atoms with van der Waals surface area (Å²) in [5, 5.41) is 0.670. The number of amides is 1. The first-order valence-corrected chi connectivity index (χ1v) is 13.4. The smallest absolute Gasteiger partial charge is 0.348 e. The van der Waals surface area contributed by atoms with Gasteiger partial charge in [-0.3, -0.25) is 4.79 Å². The second kappa shape index (κ2) is 11.1. The molecule has 0 unspecified atom stereocenters. The Labute approximate surface area is 225 Å². The van der Waals surface area contributed by atoms with Gasteiger partial charge in [-0.25, -0.2) is 13.2 Å². The highest BCUT2D eigenvalue weighted by atomic mass is 35.5. The van der Waals surface area contributed by atoms with Gasteiger partial charge in [-0.2, -0.15) is 4.31 Å². The van der Waals surface area contributed by atoms with Crippen molar-refractivity contribution in [3.63, 3.8) is 0 Å². The third kappa shape index (κ3) is 5.91. The number of carbonyl (C=O) groups excluding carboxylic acids is 2. The molecular formula is C26H24Cl2N2O6S. The number of halogens is 2. The van der Waals surface area contributed by atoms with Gasteiger partial charge in [-0.05, 0) is 48.9 Å². The first-order chi connectivity index (χ1) is 17.6. The highest BCUT2D eigenvalue weighted by molar-refractivity contribution is 7.89. The van der Waals surface area contributed by atoms with E-state index in [0.29, 0.717) is 22.0 Å². The summed E-state index contributed by atoms with van der Waals surface area (Å²) in [7, 11) is -2.89. The summed E-state index contributed by atoms with van der Waals surface area (Å²) in [4.78, 5) is 27.2. The molecule has 3 aromatic carbocycles. The van der Waals surface area contributed by atoms with Gasteiger partial charge in [0.1, 0.15) is 5.75 Å². The number of hydrogen-bond donors (Lipinski definition) is 0. The number of nitrogens with zero attached hydrogens (tertiary/aromatic N) is 2. The molecule has 0 aromatic heterocycles. The summed E-state index contributed by atoms with van der Waals surface area (Å²) in [6.07, 6.45) is -1.06. The van der Waals surface area contributed by atoms with Crippen LogP contribution in [-0.4, -0.2) is 50.9 Å². The predicted octanol–water partition coefficient (Wildman–Crippen LogP) is 4.46. The van der Waals surface area contributed by atoms with Gasteiger partial charge in [0.25, 0.3) is 0 Å². The first-order valence-electron chi connectivity index (χ1n) is 11.2. The van der Waals surface area contributed by atoms with Crippen LogP contribution in [0.4, 0.5) is 5.69 Å². The molecule has 37 heavy (non-hydrogen) atoms. The zero-order valence-electron chi connectivity index (χ0n) is 20.1. The molecule has 194 valence electrons. The molecule has 0 fully saturated rings. The molecule has 0 radical (unpaired) electrons. The Morgan fingerprint density at radius 2 is 1.78 bits per heavy atom. The van der Waals surface area contributed by atoms with E-state index < -0.39 is 34.5 Å². The van der Waals surface area contributed by atoms with E-state index in [-0.39, 0.29) is 23.0 Å². The van der Waals surface area contributed by atoms with E-state index in [1.165, 1.54) is 30.2 Å². The monoisotopic (exact) mass is 562 g/mol. The van der Waals surface area contributed by atoms with Crippen LogP contribution in [0.2, 0.25) is 10.0 Å². The van der Waals surface area contributed by atoms with Crippen LogP contribution < -0.4 is 9.64 Å². The zero-order valence-corrected chi connectivity index (χ0v) is 22.4. The minimum absolute atomic E-state index is 0.0331. The third-order valence-corrected chi connectivity index (χ3v) is 8.26. The van der Waals surface area contributed by atoms with E-state index in [4.69, 9.17) is 32.7 Å². The maximum absolute atomic E-state index is 13.7.